The van der Waals surface area contributed by atoms with E-state index in [0.29, 0.717) is 42.8 Å². The maximum absolute atomic E-state index is 13.3. The van der Waals surface area contributed by atoms with Gasteiger partial charge in [-0.3, -0.25) is 14.0 Å². The molecule has 0 radical (unpaired) electrons. The maximum atomic E-state index is 13.3. The third kappa shape index (κ3) is 4.42. The van der Waals surface area contributed by atoms with E-state index in [9.17, 15) is 9.59 Å². The number of nitrogen functional groups attached to an aromatic ring is 1. The Hall–Kier alpha value is -3.98. The van der Waals surface area contributed by atoms with Crippen molar-refractivity contribution < 1.29 is 18.8 Å². The summed E-state index contributed by atoms with van der Waals surface area (Å²) in [5.74, 6) is 0.617. The van der Waals surface area contributed by atoms with Crippen LogP contribution < -0.4 is 25.9 Å². The van der Waals surface area contributed by atoms with Crippen molar-refractivity contribution in [2.45, 2.75) is 26.4 Å². The number of nitrogens with one attached hydrogen (secondary N) is 1. The first kappa shape index (κ1) is 23.2. The molecule has 0 aliphatic rings. The van der Waals surface area contributed by atoms with Crippen LogP contribution in [0.25, 0.3) is 16.7 Å². The minimum atomic E-state index is -0.371. The predicted molar refractivity (Wildman–Crippen MR) is 129 cm³/mol. The van der Waals surface area contributed by atoms with Crippen molar-refractivity contribution in [2.75, 3.05) is 26.6 Å². The van der Waals surface area contributed by atoms with Crippen molar-refractivity contribution in [3.05, 3.63) is 75.7 Å². The van der Waals surface area contributed by atoms with Crippen LogP contribution in [-0.2, 0) is 17.8 Å². The molecule has 0 fully saturated rings. The fourth-order valence-corrected chi connectivity index (χ4v) is 3.91. The summed E-state index contributed by atoms with van der Waals surface area (Å²) < 4.78 is 13.6. The third-order valence-corrected chi connectivity index (χ3v) is 5.76. The van der Waals surface area contributed by atoms with E-state index in [1.54, 1.807) is 31.0 Å². The monoisotopic (exact) mass is 462 g/mol. The summed E-state index contributed by atoms with van der Waals surface area (Å²) in [6.45, 7) is 3.16. The number of ether oxygens (including phenoxy) is 2. The number of anilines is 1. The lowest BCUT2D eigenvalue weighted by Crippen LogP contribution is -2.43. The molecule has 3 heterocycles. The molecule has 0 unspecified atom stereocenters. The van der Waals surface area contributed by atoms with Gasteiger partial charge >= 0.3 is 0 Å². The number of benzene rings is 1. The average Bonchev–Trinajstić information content (AvgIpc) is 2.85. The van der Waals surface area contributed by atoms with E-state index >= 15 is 0 Å². The van der Waals surface area contributed by atoms with E-state index in [2.05, 4.69) is 5.32 Å². The Labute approximate surface area is 196 Å². The Balaban J connectivity index is 1.78. The molecule has 0 spiro atoms. The first-order chi connectivity index (χ1) is 16.4. The molecule has 9 heteroatoms. The number of methoxy groups -OCH3 is 2. The molecule has 3 N–H and O–H groups in total. The molecule has 0 atom stereocenters. The maximum Gasteiger partial charge on any atom is 0.278 e. The molecule has 1 amide bonds. The summed E-state index contributed by atoms with van der Waals surface area (Å²) in [6.07, 6.45) is 2.32. The molecule has 34 heavy (non-hydrogen) atoms. The number of pyridine rings is 2. The topological polar surface area (TPSA) is 112 Å². The molecule has 3 aromatic heterocycles. The number of aryl methyl sites for hydroxylation is 2. The van der Waals surface area contributed by atoms with Crippen LogP contribution in [0.2, 0.25) is 0 Å². The van der Waals surface area contributed by atoms with Gasteiger partial charge in [-0.25, -0.2) is 4.57 Å². The van der Waals surface area contributed by atoms with Crippen molar-refractivity contribution in [1.82, 2.24) is 14.7 Å². The standard InChI is InChI=1S/C25H27N5O4/c1-16-6-4-11-30-22(16)28-23-20(25(30)32)14-19(21(26)29(23)12-5-13-33-2)24(31)27-15-17-7-9-18(34-3)10-8-17/h4,6-11,14,26H,5,12-13,15H2,1-3H3,(H,27,31)/p+1. The lowest BCUT2D eigenvalue weighted by Gasteiger charge is -2.13. The van der Waals surface area contributed by atoms with Crippen LogP contribution in [0.15, 0.2) is 53.5 Å². The second kappa shape index (κ2) is 9.88. The van der Waals surface area contributed by atoms with Gasteiger partial charge in [-0.05, 0) is 36.8 Å². The zero-order valence-electron chi connectivity index (χ0n) is 19.5. The SMILES string of the molecule is COCCC[n+]1c(N)c(C(=O)NCc2ccc(OC)cc2)cc2c(=O)n3cccc(C)c3nc21. The number of rotatable bonds is 8. The van der Waals surface area contributed by atoms with Crippen LogP contribution in [0.4, 0.5) is 5.82 Å². The molecule has 176 valence electrons. The number of fused-ring (bicyclic) bond motifs is 2. The molecule has 0 aliphatic carbocycles. The van der Waals surface area contributed by atoms with Crippen LogP contribution in [-0.4, -0.2) is 36.1 Å². The van der Waals surface area contributed by atoms with Gasteiger partial charge in [0.2, 0.25) is 11.5 Å². The van der Waals surface area contributed by atoms with Crippen molar-refractivity contribution in [1.29, 1.82) is 0 Å². The van der Waals surface area contributed by atoms with Gasteiger partial charge in [0.15, 0.2) is 0 Å². The highest BCUT2D eigenvalue weighted by Gasteiger charge is 2.24. The summed E-state index contributed by atoms with van der Waals surface area (Å²) >= 11 is 0. The highest BCUT2D eigenvalue weighted by molar-refractivity contribution is 6.00. The van der Waals surface area contributed by atoms with E-state index in [1.165, 1.54) is 10.5 Å². The number of carbonyl (C=O) groups is 1. The quantitative estimate of drug-likeness (QED) is 0.235. The van der Waals surface area contributed by atoms with Crippen LogP contribution in [0.5, 0.6) is 5.75 Å². The molecule has 4 rings (SSSR count). The fraction of sp³-hybridized carbons (Fsp3) is 0.280. The van der Waals surface area contributed by atoms with Crippen LogP contribution >= 0.6 is 0 Å². The first-order valence-corrected chi connectivity index (χ1v) is 11.0. The van der Waals surface area contributed by atoms with Crippen LogP contribution in [0, 0.1) is 6.92 Å². The van der Waals surface area contributed by atoms with Gasteiger partial charge in [0.1, 0.15) is 16.7 Å². The van der Waals surface area contributed by atoms with E-state index in [1.807, 2.05) is 37.3 Å². The fourth-order valence-electron chi connectivity index (χ4n) is 3.91. The minimum absolute atomic E-state index is 0.227. The van der Waals surface area contributed by atoms with Crippen LogP contribution in [0.3, 0.4) is 0 Å². The second-order valence-corrected chi connectivity index (χ2v) is 8.01. The third-order valence-electron chi connectivity index (χ3n) is 5.76. The van der Waals surface area contributed by atoms with Crippen molar-refractivity contribution >= 4 is 28.4 Å². The zero-order valence-corrected chi connectivity index (χ0v) is 19.5. The Morgan fingerprint density at radius 1 is 1.21 bits per heavy atom. The largest absolute Gasteiger partial charge is 0.497 e. The van der Waals surface area contributed by atoms with E-state index < -0.39 is 0 Å². The Morgan fingerprint density at radius 2 is 1.97 bits per heavy atom. The van der Waals surface area contributed by atoms with E-state index in [4.69, 9.17) is 20.2 Å². The normalized spacial score (nSPS) is 11.1. The van der Waals surface area contributed by atoms with Crippen molar-refractivity contribution in [2.24, 2.45) is 0 Å². The predicted octanol–water partition coefficient (Wildman–Crippen LogP) is 2.00. The number of nitrogens with two attached hydrogens (primary N) is 1. The van der Waals surface area contributed by atoms with Gasteiger partial charge < -0.3 is 20.5 Å². The van der Waals surface area contributed by atoms with Crippen molar-refractivity contribution in [3.8, 4) is 5.75 Å². The number of aromatic nitrogens is 3. The van der Waals surface area contributed by atoms with E-state index in [-0.39, 0.29) is 22.8 Å². The lowest BCUT2D eigenvalue weighted by atomic mass is 10.1. The Morgan fingerprint density at radius 3 is 2.68 bits per heavy atom. The van der Waals surface area contributed by atoms with Gasteiger partial charge in [0.05, 0.1) is 13.7 Å². The summed E-state index contributed by atoms with van der Waals surface area (Å²) in [7, 11) is 3.22. The lowest BCUT2D eigenvalue weighted by molar-refractivity contribution is -0.659. The van der Waals surface area contributed by atoms with Crippen LogP contribution in [0.1, 0.15) is 27.9 Å². The number of hydrogen-bond donors (Lipinski definition) is 2. The van der Waals surface area contributed by atoms with Gasteiger partial charge in [0.25, 0.3) is 17.1 Å². The molecular weight excluding hydrogens is 434 g/mol. The van der Waals surface area contributed by atoms with Gasteiger partial charge in [-0.1, -0.05) is 23.2 Å². The van der Waals surface area contributed by atoms with Gasteiger partial charge in [-0.15, -0.1) is 0 Å². The number of carbonyl (C=O) groups excluding carboxylic acids is 1. The van der Waals surface area contributed by atoms with Gasteiger partial charge in [-0.2, -0.15) is 0 Å². The molecule has 0 saturated heterocycles. The zero-order chi connectivity index (χ0) is 24.2. The number of hydrogen-bond acceptors (Lipinski definition) is 6. The molecule has 0 saturated carbocycles. The molecule has 9 nitrogen and oxygen atoms in total. The average molecular weight is 463 g/mol. The Bertz CT molecular complexity index is 1410. The molecule has 1 aromatic carbocycles. The smallest absolute Gasteiger partial charge is 0.278 e. The molecule has 0 aliphatic heterocycles. The van der Waals surface area contributed by atoms with Crippen molar-refractivity contribution in [3.63, 3.8) is 0 Å². The molecule has 4 aromatic rings. The van der Waals surface area contributed by atoms with Gasteiger partial charge in [0, 0.05) is 38.4 Å². The highest BCUT2D eigenvalue weighted by atomic mass is 16.5. The first-order valence-electron chi connectivity index (χ1n) is 11.0. The molecular formula is C25H28N5O4+. The molecule has 0 bridgehead atoms. The minimum Gasteiger partial charge on any atom is -0.497 e. The number of nitrogens with zero attached hydrogens (tertiary/aromatic N) is 3. The summed E-state index contributed by atoms with van der Waals surface area (Å²) in [6, 6.07) is 12.6. The summed E-state index contributed by atoms with van der Waals surface area (Å²) in [5, 5.41) is 3.21. The number of amides is 1. The Kier molecular flexibility index (Phi) is 6.74. The summed E-state index contributed by atoms with van der Waals surface area (Å²) in [4.78, 5) is 31.2. The second-order valence-electron chi connectivity index (χ2n) is 8.01. The highest BCUT2D eigenvalue weighted by Crippen LogP contribution is 2.17. The summed E-state index contributed by atoms with van der Waals surface area (Å²) in [5.41, 5.74) is 9.21. The van der Waals surface area contributed by atoms with E-state index in [0.717, 1.165) is 16.9 Å².